The van der Waals surface area contributed by atoms with E-state index in [1.54, 1.807) is 13.0 Å². The topological polar surface area (TPSA) is 93.7 Å². The van der Waals surface area contributed by atoms with Gasteiger partial charge in [0.1, 0.15) is 12.3 Å². The van der Waals surface area contributed by atoms with Gasteiger partial charge in [-0.1, -0.05) is 43.3 Å². The SMILES string of the molecule is C=CC1CC1(NC(=O)OCc1ccccc1)NC(=O)OP(C)(=O)CC. The van der Waals surface area contributed by atoms with Gasteiger partial charge in [0.2, 0.25) is 7.37 Å². The average molecular weight is 366 g/mol. The maximum absolute atomic E-state index is 12.0. The molecular formula is C17H23N2O5P. The van der Waals surface area contributed by atoms with Crippen LogP contribution in [0, 0.1) is 5.92 Å². The molecular weight excluding hydrogens is 343 g/mol. The first-order valence-electron chi connectivity index (χ1n) is 8.00. The Morgan fingerprint density at radius 3 is 2.52 bits per heavy atom. The number of nitrogens with one attached hydrogen (secondary N) is 2. The zero-order valence-electron chi connectivity index (χ0n) is 14.4. The lowest BCUT2D eigenvalue weighted by Crippen LogP contribution is -2.52. The van der Waals surface area contributed by atoms with Crippen LogP contribution >= 0.6 is 7.37 Å². The van der Waals surface area contributed by atoms with Gasteiger partial charge >= 0.3 is 12.2 Å². The summed E-state index contributed by atoms with van der Waals surface area (Å²) >= 11 is 0. The Balaban J connectivity index is 1.91. The van der Waals surface area contributed by atoms with Crippen LogP contribution in [0.25, 0.3) is 0 Å². The van der Waals surface area contributed by atoms with E-state index < -0.39 is 25.2 Å². The zero-order valence-corrected chi connectivity index (χ0v) is 15.3. The Morgan fingerprint density at radius 2 is 1.96 bits per heavy atom. The van der Waals surface area contributed by atoms with Gasteiger partial charge < -0.3 is 9.26 Å². The molecule has 0 spiro atoms. The van der Waals surface area contributed by atoms with Crippen molar-refractivity contribution < 1.29 is 23.4 Å². The minimum atomic E-state index is -2.98. The molecule has 3 unspecified atom stereocenters. The Hall–Kier alpha value is -2.27. The molecule has 2 rings (SSSR count). The highest BCUT2D eigenvalue weighted by atomic mass is 31.2. The lowest BCUT2D eigenvalue weighted by molar-refractivity contribution is 0.130. The summed E-state index contributed by atoms with van der Waals surface area (Å²) in [4.78, 5) is 24.0. The third kappa shape index (κ3) is 5.36. The molecule has 8 heteroatoms. The van der Waals surface area contributed by atoms with Crippen LogP contribution in [0.15, 0.2) is 43.0 Å². The fourth-order valence-corrected chi connectivity index (χ4v) is 2.80. The molecule has 0 aromatic heterocycles. The molecule has 0 saturated heterocycles. The smallest absolute Gasteiger partial charge is 0.414 e. The molecule has 25 heavy (non-hydrogen) atoms. The van der Waals surface area contributed by atoms with Crippen molar-refractivity contribution in [1.29, 1.82) is 0 Å². The van der Waals surface area contributed by atoms with E-state index in [0.717, 1.165) is 5.56 Å². The molecule has 3 atom stereocenters. The molecule has 0 radical (unpaired) electrons. The van der Waals surface area contributed by atoms with E-state index >= 15 is 0 Å². The zero-order chi connectivity index (χ0) is 18.5. The highest BCUT2D eigenvalue weighted by molar-refractivity contribution is 7.58. The number of benzene rings is 1. The van der Waals surface area contributed by atoms with E-state index in [2.05, 4.69) is 17.2 Å². The van der Waals surface area contributed by atoms with E-state index in [4.69, 9.17) is 9.26 Å². The normalized spacial score (nSPS) is 23.7. The number of hydrogen-bond acceptors (Lipinski definition) is 5. The van der Waals surface area contributed by atoms with Crippen molar-refractivity contribution in [3.05, 3.63) is 48.6 Å². The molecule has 1 aromatic carbocycles. The Bertz CT molecular complexity index is 694. The number of ether oxygens (including phenoxy) is 1. The van der Waals surface area contributed by atoms with Crippen LogP contribution in [0.5, 0.6) is 0 Å². The fourth-order valence-electron chi connectivity index (χ4n) is 2.28. The van der Waals surface area contributed by atoms with Gasteiger partial charge in [-0.3, -0.25) is 15.2 Å². The second-order valence-corrected chi connectivity index (χ2v) is 8.88. The number of carbonyl (C=O) groups is 2. The molecule has 1 aliphatic carbocycles. The third-order valence-electron chi connectivity index (χ3n) is 4.01. The minimum Gasteiger partial charge on any atom is -0.445 e. The van der Waals surface area contributed by atoms with Crippen LogP contribution in [-0.4, -0.2) is 30.7 Å². The van der Waals surface area contributed by atoms with Gasteiger partial charge in [-0.25, -0.2) is 9.59 Å². The van der Waals surface area contributed by atoms with Gasteiger partial charge in [0.25, 0.3) is 0 Å². The second kappa shape index (κ2) is 7.74. The Morgan fingerprint density at radius 1 is 1.32 bits per heavy atom. The molecule has 1 fully saturated rings. The second-order valence-electron chi connectivity index (χ2n) is 6.04. The molecule has 136 valence electrons. The standard InChI is InChI=1S/C17H23N2O5P/c1-4-14-11-17(14,19-16(21)24-25(3,22)5-2)18-15(20)23-12-13-9-7-6-8-10-13/h4,6-10,14H,1,5,11-12H2,2-3H3,(H,18,20)(H,19,21). The van der Waals surface area contributed by atoms with Gasteiger partial charge in [0, 0.05) is 25.2 Å². The van der Waals surface area contributed by atoms with Crippen LogP contribution in [0.3, 0.4) is 0 Å². The highest BCUT2D eigenvalue weighted by Gasteiger charge is 2.56. The average Bonchev–Trinajstić information content (AvgIpc) is 3.25. The van der Waals surface area contributed by atoms with Crippen LogP contribution in [0.4, 0.5) is 9.59 Å². The lowest BCUT2D eigenvalue weighted by Gasteiger charge is -2.21. The number of hydrogen-bond donors (Lipinski definition) is 2. The van der Waals surface area contributed by atoms with Crippen LogP contribution in [0.1, 0.15) is 18.9 Å². The summed E-state index contributed by atoms with van der Waals surface area (Å²) in [6.45, 7) is 6.86. The quantitative estimate of drug-likeness (QED) is 0.438. The summed E-state index contributed by atoms with van der Waals surface area (Å²) in [6, 6.07) is 9.25. The van der Waals surface area contributed by atoms with Gasteiger partial charge in [0.15, 0.2) is 0 Å². The van der Waals surface area contributed by atoms with Gasteiger partial charge in [-0.2, -0.15) is 0 Å². The molecule has 1 aliphatic rings. The largest absolute Gasteiger partial charge is 0.445 e. The van der Waals surface area contributed by atoms with Crippen molar-refractivity contribution in [2.24, 2.45) is 5.92 Å². The van der Waals surface area contributed by atoms with E-state index in [1.165, 1.54) is 6.66 Å². The highest BCUT2D eigenvalue weighted by Crippen LogP contribution is 2.45. The molecule has 1 aromatic rings. The predicted octanol–water partition coefficient (Wildman–Crippen LogP) is 3.47. The van der Waals surface area contributed by atoms with Crippen LogP contribution in [0.2, 0.25) is 0 Å². The molecule has 2 amide bonds. The maximum Gasteiger partial charge on any atom is 0.414 e. The minimum absolute atomic E-state index is 0.117. The number of alkyl carbamates (subject to hydrolysis) is 1. The van der Waals surface area contributed by atoms with Crippen LogP contribution in [-0.2, 0) is 20.4 Å². The summed E-state index contributed by atoms with van der Waals surface area (Å²) in [7, 11) is -2.98. The van der Waals surface area contributed by atoms with Gasteiger partial charge in [0.05, 0.1) is 0 Å². The maximum atomic E-state index is 12.0. The number of amides is 2. The molecule has 1 saturated carbocycles. The molecule has 7 nitrogen and oxygen atoms in total. The monoisotopic (exact) mass is 366 g/mol. The van der Waals surface area contributed by atoms with E-state index in [1.807, 2.05) is 30.3 Å². The van der Waals surface area contributed by atoms with Gasteiger partial charge in [-0.15, -0.1) is 6.58 Å². The van der Waals surface area contributed by atoms with E-state index in [0.29, 0.717) is 6.42 Å². The summed E-state index contributed by atoms with van der Waals surface area (Å²) in [5.74, 6) is -0.151. The summed E-state index contributed by atoms with van der Waals surface area (Å²) in [5.41, 5.74) is -0.162. The van der Waals surface area contributed by atoms with Crippen molar-refractivity contribution in [2.45, 2.75) is 25.6 Å². The van der Waals surface area contributed by atoms with Gasteiger partial charge in [-0.05, 0) is 5.56 Å². The van der Waals surface area contributed by atoms with Crippen molar-refractivity contribution in [3.63, 3.8) is 0 Å². The van der Waals surface area contributed by atoms with Crippen molar-refractivity contribution >= 4 is 19.6 Å². The first-order valence-corrected chi connectivity index (χ1v) is 10.3. The van der Waals surface area contributed by atoms with Crippen molar-refractivity contribution in [3.8, 4) is 0 Å². The summed E-state index contributed by atoms with van der Waals surface area (Å²) in [5, 5.41) is 5.21. The fraction of sp³-hybridized carbons (Fsp3) is 0.412. The van der Waals surface area contributed by atoms with Crippen molar-refractivity contribution in [2.75, 3.05) is 12.8 Å². The lowest BCUT2D eigenvalue weighted by atomic mass is 10.2. The summed E-state index contributed by atoms with van der Waals surface area (Å²) in [6.07, 6.45) is 0.837. The third-order valence-corrected chi connectivity index (χ3v) is 5.71. The molecule has 0 aliphatic heterocycles. The first-order chi connectivity index (χ1) is 11.8. The van der Waals surface area contributed by atoms with E-state index in [-0.39, 0.29) is 18.7 Å². The van der Waals surface area contributed by atoms with Crippen LogP contribution < -0.4 is 10.6 Å². The summed E-state index contributed by atoms with van der Waals surface area (Å²) < 4.78 is 22.0. The molecule has 0 heterocycles. The number of rotatable bonds is 7. The Kier molecular flexibility index (Phi) is 5.90. The van der Waals surface area contributed by atoms with E-state index in [9.17, 15) is 14.2 Å². The number of carbonyl (C=O) groups excluding carboxylic acids is 2. The van der Waals surface area contributed by atoms with Crippen molar-refractivity contribution in [1.82, 2.24) is 10.6 Å². The molecule has 0 bridgehead atoms. The Labute approximate surface area is 147 Å². The predicted molar refractivity (Wildman–Crippen MR) is 94.5 cm³/mol. The molecule has 2 N–H and O–H groups in total. The first kappa shape index (κ1) is 19.1.